The highest BCUT2D eigenvalue weighted by atomic mass is 16.6. The van der Waals surface area contributed by atoms with Crippen LogP contribution in [0.3, 0.4) is 0 Å². The number of carbonyl (C=O) groups is 1. The maximum atomic E-state index is 13.0. The number of hydrogen-bond donors (Lipinski definition) is 1. The first kappa shape index (κ1) is 23.0. The highest BCUT2D eigenvalue weighted by Crippen LogP contribution is 2.44. The third kappa shape index (κ3) is 4.24. The van der Waals surface area contributed by atoms with Crippen molar-refractivity contribution in [1.29, 1.82) is 0 Å². The third-order valence-electron chi connectivity index (χ3n) is 7.82. The minimum Gasteiger partial charge on any atom is -0.496 e. The van der Waals surface area contributed by atoms with Gasteiger partial charge in [0.15, 0.2) is 0 Å². The van der Waals surface area contributed by atoms with Crippen LogP contribution < -0.4 is 14.8 Å². The molecule has 1 unspecified atom stereocenters. The van der Waals surface area contributed by atoms with Crippen molar-refractivity contribution in [1.82, 2.24) is 10.2 Å². The molecular weight excluding hydrogens is 428 g/mol. The van der Waals surface area contributed by atoms with Gasteiger partial charge in [0.25, 0.3) is 0 Å². The lowest BCUT2D eigenvalue weighted by Crippen LogP contribution is -2.53. The average molecular weight is 465 g/mol. The summed E-state index contributed by atoms with van der Waals surface area (Å²) in [6.07, 6.45) is 1.91. The maximum absolute atomic E-state index is 13.0. The summed E-state index contributed by atoms with van der Waals surface area (Å²) >= 11 is 0. The molecule has 3 fully saturated rings. The van der Waals surface area contributed by atoms with E-state index in [0.29, 0.717) is 12.5 Å². The average Bonchev–Trinajstić information content (AvgIpc) is 2.81. The molecule has 2 bridgehead atoms. The van der Waals surface area contributed by atoms with Gasteiger partial charge in [-0.2, -0.15) is 0 Å². The van der Waals surface area contributed by atoms with Gasteiger partial charge in [0, 0.05) is 17.5 Å². The van der Waals surface area contributed by atoms with Crippen LogP contribution in [0.1, 0.15) is 49.4 Å². The first-order valence-corrected chi connectivity index (χ1v) is 12.4. The molecule has 182 valence electrons. The Hall–Kier alpha value is -2.73. The first-order valence-electron chi connectivity index (χ1n) is 12.4. The van der Waals surface area contributed by atoms with Gasteiger partial charge in [-0.15, -0.1) is 0 Å². The van der Waals surface area contributed by atoms with Crippen LogP contribution in [-0.4, -0.2) is 50.4 Å². The molecule has 0 aliphatic carbocycles. The van der Waals surface area contributed by atoms with E-state index in [1.165, 1.54) is 0 Å². The zero-order chi connectivity index (χ0) is 24.0. The van der Waals surface area contributed by atoms with Crippen molar-refractivity contribution >= 4 is 6.09 Å². The number of nitrogens with one attached hydrogen (secondary N) is 1. The lowest BCUT2D eigenvalue weighted by Gasteiger charge is -2.44. The van der Waals surface area contributed by atoms with Crippen molar-refractivity contribution in [3.05, 3.63) is 47.0 Å². The monoisotopic (exact) mass is 464 g/mol. The Morgan fingerprint density at radius 1 is 1.09 bits per heavy atom. The molecule has 4 heterocycles. The summed E-state index contributed by atoms with van der Waals surface area (Å²) in [5, 5.41) is 3.19. The molecule has 6 nitrogen and oxygen atoms in total. The molecular formula is C28H36N2O4. The van der Waals surface area contributed by atoms with Gasteiger partial charge in [-0.25, -0.2) is 4.79 Å². The molecule has 1 N–H and O–H groups in total. The quantitative estimate of drug-likeness (QED) is 0.669. The number of aryl methyl sites for hydroxylation is 2. The molecule has 0 aromatic heterocycles. The number of alkyl carbamates (subject to hydrolysis) is 1. The highest BCUT2D eigenvalue weighted by molar-refractivity contribution is 5.71. The lowest BCUT2D eigenvalue weighted by molar-refractivity contribution is -0.0361. The number of rotatable bonds is 4. The van der Waals surface area contributed by atoms with Crippen molar-refractivity contribution in [3.63, 3.8) is 0 Å². The number of benzene rings is 2. The Kier molecular flexibility index (Phi) is 5.96. The normalized spacial score (nSPS) is 26.9. The topological polar surface area (TPSA) is 60.0 Å². The first-order chi connectivity index (χ1) is 16.2. The van der Waals surface area contributed by atoms with Crippen molar-refractivity contribution in [2.24, 2.45) is 11.3 Å². The van der Waals surface area contributed by atoms with E-state index in [-0.39, 0.29) is 23.7 Å². The van der Waals surface area contributed by atoms with E-state index in [4.69, 9.17) is 14.2 Å². The van der Waals surface area contributed by atoms with Crippen LogP contribution in [0.15, 0.2) is 30.3 Å². The van der Waals surface area contributed by atoms with Crippen LogP contribution in [0.25, 0.3) is 11.1 Å². The second kappa shape index (κ2) is 8.81. The molecule has 6 rings (SSSR count). The van der Waals surface area contributed by atoms with Crippen LogP contribution in [-0.2, 0) is 4.74 Å². The fourth-order valence-corrected chi connectivity index (χ4v) is 5.89. The maximum Gasteiger partial charge on any atom is 0.407 e. The number of methoxy groups -OCH3 is 1. The van der Waals surface area contributed by atoms with Gasteiger partial charge in [-0.3, -0.25) is 4.90 Å². The predicted octanol–water partition coefficient (Wildman–Crippen LogP) is 5.26. The van der Waals surface area contributed by atoms with E-state index in [1.807, 2.05) is 0 Å². The van der Waals surface area contributed by atoms with Gasteiger partial charge in [0.2, 0.25) is 0 Å². The Labute approximate surface area is 202 Å². The zero-order valence-electron chi connectivity index (χ0n) is 20.9. The van der Waals surface area contributed by atoms with Gasteiger partial charge in [0.1, 0.15) is 17.6 Å². The molecule has 0 saturated carbocycles. The molecule has 2 aromatic rings. The molecule has 1 amide bonds. The fraction of sp³-hybridized carbons (Fsp3) is 0.536. The number of piperidine rings is 3. The Balaban J connectivity index is 1.37. The van der Waals surface area contributed by atoms with Crippen LogP contribution in [0.5, 0.6) is 11.5 Å². The Morgan fingerprint density at radius 2 is 1.79 bits per heavy atom. The van der Waals surface area contributed by atoms with Gasteiger partial charge in [-0.05, 0) is 86.1 Å². The minimum absolute atomic E-state index is 0.00569. The van der Waals surface area contributed by atoms with E-state index < -0.39 is 0 Å². The summed E-state index contributed by atoms with van der Waals surface area (Å²) in [7, 11) is 1.71. The van der Waals surface area contributed by atoms with Crippen LogP contribution in [0, 0.1) is 25.2 Å². The van der Waals surface area contributed by atoms with E-state index >= 15 is 0 Å². The minimum atomic E-state index is -0.324. The number of hydrogen-bond acceptors (Lipinski definition) is 5. The zero-order valence-corrected chi connectivity index (χ0v) is 20.9. The predicted molar refractivity (Wildman–Crippen MR) is 132 cm³/mol. The Bertz CT molecular complexity index is 1060. The summed E-state index contributed by atoms with van der Waals surface area (Å²) in [6.45, 7) is 12.0. The smallest absolute Gasteiger partial charge is 0.407 e. The lowest BCUT2D eigenvalue weighted by atomic mass is 9.78. The fourth-order valence-electron chi connectivity index (χ4n) is 5.89. The molecule has 0 radical (unpaired) electrons. The van der Waals surface area contributed by atoms with Crippen molar-refractivity contribution < 1.29 is 19.0 Å². The molecule has 3 saturated heterocycles. The Morgan fingerprint density at radius 3 is 2.41 bits per heavy atom. The largest absolute Gasteiger partial charge is 0.496 e. The van der Waals surface area contributed by atoms with Crippen molar-refractivity contribution in [3.8, 4) is 22.6 Å². The standard InChI is InChI=1S/C28H36N2O4/c1-17-12-21(13-18(2)25(17)32-5)20-6-7-22-23(14-20)33-16-28(3,4)26(22)29-27(31)34-24-15-30-10-8-19(24)9-11-30/h6-7,12-14,19,24,26H,8-11,15-16H2,1-5H3,(H,29,31)/t24-,26?/m0/s1. The number of nitrogens with zero attached hydrogens (tertiary/aromatic N) is 1. The number of ether oxygens (including phenoxy) is 3. The van der Waals surface area contributed by atoms with Crippen LogP contribution in [0.4, 0.5) is 4.79 Å². The van der Waals surface area contributed by atoms with Gasteiger partial charge < -0.3 is 19.5 Å². The number of fused-ring (bicyclic) bond motifs is 4. The van der Waals surface area contributed by atoms with Crippen molar-refractivity contribution in [2.75, 3.05) is 33.4 Å². The van der Waals surface area contributed by atoms with Crippen LogP contribution in [0.2, 0.25) is 0 Å². The molecule has 2 aromatic carbocycles. The number of carbonyl (C=O) groups excluding carboxylic acids is 1. The van der Waals surface area contributed by atoms with E-state index in [0.717, 1.165) is 71.8 Å². The SMILES string of the molecule is COc1c(C)cc(-c2ccc3c(c2)OCC(C)(C)C3NC(=O)O[C@H]2CN3CCC2CC3)cc1C. The summed E-state index contributed by atoms with van der Waals surface area (Å²) in [5.41, 5.74) is 5.15. The summed E-state index contributed by atoms with van der Waals surface area (Å²) in [5.74, 6) is 2.23. The number of amides is 1. The van der Waals surface area contributed by atoms with Gasteiger partial charge in [0.05, 0.1) is 19.8 Å². The second-order valence-electron chi connectivity index (χ2n) is 10.8. The highest BCUT2D eigenvalue weighted by Gasteiger charge is 2.41. The third-order valence-corrected chi connectivity index (χ3v) is 7.82. The molecule has 0 spiro atoms. The summed E-state index contributed by atoms with van der Waals surface area (Å²) in [4.78, 5) is 15.4. The van der Waals surface area contributed by atoms with Crippen LogP contribution >= 0.6 is 0 Å². The molecule has 34 heavy (non-hydrogen) atoms. The molecule has 6 heteroatoms. The molecule has 4 aliphatic rings. The van der Waals surface area contributed by atoms with Gasteiger partial charge >= 0.3 is 6.09 Å². The van der Waals surface area contributed by atoms with E-state index in [2.05, 4.69) is 68.2 Å². The molecule has 4 aliphatic heterocycles. The van der Waals surface area contributed by atoms with Crippen molar-refractivity contribution in [2.45, 2.75) is 52.7 Å². The van der Waals surface area contributed by atoms with Gasteiger partial charge in [-0.1, -0.05) is 26.0 Å². The summed E-state index contributed by atoms with van der Waals surface area (Å²) < 4.78 is 17.6. The molecule has 2 atom stereocenters. The second-order valence-corrected chi connectivity index (χ2v) is 10.8. The summed E-state index contributed by atoms with van der Waals surface area (Å²) in [6, 6.07) is 10.4. The van der Waals surface area contributed by atoms with E-state index in [9.17, 15) is 4.79 Å². The van der Waals surface area contributed by atoms with E-state index in [1.54, 1.807) is 7.11 Å².